The van der Waals surface area contributed by atoms with Crippen molar-refractivity contribution in [2.24, 2.45) is 0 Å². The number of nitrogens with zero attached hydrogens (tertiary/aromatic N) is 3. The summed E-state index contributed by atoms with van der Waals surface area (Å²) in [6, 6.07) is 12.2. The van der Waals surface area contributed by atoms with E-state index in [0.717, 1.165) is 17.7 Å². The number of carboxylic acids is 1. The average molecular weight is 497 g/mol. The molecule has 3 N–H and O–H groups in total. The molecule has 1 aliphatic rings. The second kappa shape index (κ2) is 11.1. The molecule has 4 rings (SSSR count). The normalized spacial score (nSPS) is 14.1. The van der Waals surface area contributed by atoms with Gasteiger partial charge in [-0.2, -0.15) is 0 Å². The molecule has 1 aromatic carbocycles. The third-order valence-corrected chi connectivity index (χ3v) is 5.89. The third kappa shape index (κ3) is 6.84. The number of amides is 1. The molecule has 3 heterocycles. The topological polar surface area (TPSA) is 142 Å². The molecule has 1 amide bonds. The standard InChI is InChI=1S/C24H24N4O6S/c29-23-2-1-9-28(23)14-17-11-18(27-22-8-3-16(12-26-22)10-24(30)31)5-7-21(17)34-20-6-4-19(25-13-20)15-35(32)33/h3-8,11-13H,1-2,9-10,14-15H2,(H,26,27)(H,30,31)(H,32,33). The molecule has 1 unspecified atom stereocenters. The van der Waals surface area contributed by atoms with Crippen molar-refractivity contribution in [3.8, 4) is 11.5 Å². The van der Waals surface area contributed by atoms with Crippen molar-refractivity contribution in [3.63, 3.8) is 0 Å². The van der Waals surface area contributed by atoms with Crippen molar-refractivity contribution in [1.82, 2.24) is 14.9 Å². The van der Waals surface area contributed by atoms with E-state index in [1.165, 1.54) is 12.4 Å². The largest absolute Gasteiger partial charge is 0.481 e. The first-order valence-corrected chi connectivity index (χ1v) is 12.2. The van der Waals surface area contributed by atoms with Gasteiger partial charge in [0, 0.05) is 37.0 Å². The van der Waals surface area contributed by atoms with Gasteiger partial charge in [-0.25, -0.2) is 9.19 Å². The number of likely N-dealkylation sites (tertiary alicyclic amines) is 1. The minimum Gasteiger partial charge on any atom is -0.481 e. The zero-order chi connectivity index (χ0) is 24.8. The van der Waals surface area contributed by atoms with Gasteiger partial charge >= 0.3 is 5.97 Å². The molecule has 0 aliphatic carbocycles. The van der Waals surface area contributed by atoms with Gasteiger partial charge in [0.2, 0.25) is 5.91 Å². The summed E-state index contributed by atoms with van der Waals surface area (Å²) in [6.07, 6.45) is 4.25. The lowest BCUT2D eigenvalue weighted by molar-refractivity contribution is -0.136. The number of aromatic nitrogens is 2. The maximum atomic E-state index is 12.2. The Bertz CT molecular complexity index is 1230. The Morgan fingerprint density at radius 3 is 2.63 bits per heavy atom. The maximum Gasteiger partial charge on any atom is 0.307 e. The van der Waals surface area contributed by atoms with Crippen LogP contribution in [0.2, 0.25) is 0 Å². The van der Waals surface area contributed by atoms with Crippen LogP contribution in [0.25, 0.3) is 0 Å². The van der Waals surface area contributed by atoms with Gasteiger partial charge in [-0.1, -0.05) is 6.07 Å². The van der Waals surface area contributed by atoms with Gasteiger partial charge in [-0.3, -0.25) is 14.6 Å². The Morgan fingerprint density at radius 1 is 1.14 bits per heavy atom. The highest BCUT2D eigenvalue weighted by atomic mass is 32.2. The first-order valence-electron chi connectivity index (χ1n) is 10.9. The number of carboxylic acid groups (broad SMARTS) is 1. The van der Waals surface area contributed by atoms with E-state index in [1.54, 1.807) is 35.2 Å². The van der Waals surface area contributed by atoms with Crippen LogP contribution in [0.5, 0.6) is 11.5 Å². The number of carbonyl (C=O) groups is 2. The fourth-order valence-corrected chi connectivity index (χ4v) is 4.12. The Hall–Kier alpha value is -3.83. The molecule has 1 aliphatic heterocycles. The lowest BCUT2D eigenvalue weighted by atomic mass is 10.1. The maximum absolute atomic E-state index is 12.2. The summed E-state index contributed by atoms with van der Waals surface area (Å²) < 4.78 is 26.0. The van der Waals surface area contributed by atoms with Gasteiger partial charge in [-0.05, 0) is 48.4 Å². The van der Waals surface area contributed by atoms with Gasteiger partial charge in [0.25, 0.3) is 0 Å². The van der Waals surface area contributed by atoms with E-state index in [4.69, 9.17) is 14.4 Å². The number of carbonyl (C=O) groups excluding carboxylic acids is 1. The second-order valence-corrected chi connectivity index (χ2v) is 8.97. The molecule has 2 aromatic heterocycles. The Balaban J connectivity index is 1.54. The van der Waals surface area contributed by atoms with E-state index in [0.29, 0.717) is 48.1 Å². The SMILES string of the molecule is O=C(O)Cc1ccc(Nc2ccc(Oc3ccc(CS(=O)O)nc3)c(CN3CCCC3=O)c2)nc1. The predicted octanol–water partition coefficient (Wildman–Crippen LogP) is 3.48. The monoisotopic (exact) mass is 496 g/mol. The lowest BCUT2D eigenvalue weighted by Gasteiger charge is -2.19. The van der Waals surface area contributed by atoms with E-state index >= 15 is 0 Å². The molecule has 0 radical (unpaired) electrons. The van der Waals surface area contributed by atoms with Crippen molar-refractivity contribution >= 4 is 34.5 Å². The molecule has 11 heteroatoms. The minimum absolute atomic E-state index is 0.0612. The number of nitrogens with one attached hydrogen (secondary N) is 1. The first kappa shape index (κ1) is 24.3. The molecule has 0 saturated carbocycles. The quantitative estimate of drug-likeness (QED) is 0.360. The molecule has 35 heavy (non-hydrogen) atoms. The second-order valence-electron chi connectivity index (χ2n) is 8.04. The molecule has 0 bridgehead atoms. The van der Waals surface area contributed by atoms with Crippen LogP contribution < -0.4 is 10.1 Å². The highest BCUT2D eigenvalue weighted by Gasteiger charge is 2.22. The van der Waals surface area contributed by atoms with Crippen molar-refractivity contribution < 1.29 is 28.2 Å². The van der Waals surface area contributed by atoms with Crippen LogP contribution in [-0.4, -0.2) is 47.2 Å². The van der Waals surface area contributed by atoms with E-state index in [9.17, 15) is 13.8 Å². The summed E-state index contributed by atoms with van der Waals surface area (Å²) in [5, 5.41) is 12.1. The van der Waals surface area contributed by atoms with E-state index in [1.807, 2.05) is 12.1 Å². The molecule has 1 atom stereocenters. The Labute approximate surface area is 204 Å². The molecule has 10 nitrogen and oxygen atoms in total. The van der Waals surface area contributed by atoms with Crippen LogP contribution >= 0.6 is 0 Å². The van der Waals surface area contributed by atoms with Crippen molar-refractivity contribution in [2.45, 2.75) is 31.6 Å². The summed E-state index contributed by atoms with van der Waals surface area (Å²) in [5.41, 5.74) is 2.59. The van der Waals surface area contributed by atoms with Crippen LogP contribution in [0.1, 0.15) is 29.7 Å². The Morgan fingerprint density at radius 2 is 2.00 bits per heavy atom. The van der Waals surface area contributed by atoms with E-state index in [2.05, 4.69) is 15.3 Å². The predicted molar refractivity (Wildman–Crippen MR) is 129 cm³/mol. The number of anilines is 2. The lowest BCUT2D eigenvalue weighted by Crippen LogP contribution is -2.24. The van der Waals surface area contributed by atoms with Gasteiger partial charge in [0.1, 0.15) is 17.3 Å². The zero-order valence-corrected chi connectivity index (χ0v) is 19.5. The van der Waals surface area contributed by atoms with Crippen LogP contribution in [0.15, 0.2) is 54.9 Å². The number of pyridine rings is 2. The number of aliphatic carboxylic acids is 1. The molecule has 0 spiro atoms. The zero-order valence-electron chi connectivity index (χ0n) is 18.7. The minimum atomic E-state index is -1.97. The molecule has 182 valence electrons. The first-order chi connectivity index (χ1) is 16.9. The molecule has 1 saturated heterocycles. The highest BCUT2D eigenvalue weighted by molar-refractivity contribution is 7.78. The molecular weight excluding hydrogens is 472 g/mol. The number of ether oxygens (including phenoxy) is 1. The summed E-state index contributed by atoms with van der Waals surface area (Å²) in [7, 11) is 0. The summed E-state index contributed by atoms with van der Waals surface area (Å²) in [5.74, 6) is 0.680. The average Bonchev–Trinajstić information content (AvgIpc) is 3.22. The number of benzene rings is 1. The van der Waals surface area contributed by atoms with Crippen LogP contribution in [0.4, 0.5) is 11.5 Å². The molecule has 1 fully saturated rings. The van der Waals surface area contributed by atoms with Crippen molar-refractivity contribution in [3.05, 3.63) is 71.7 Å². The third-order valence-electron chi connectivity index (χ3n) is 5.34. The number of rotatable bonds is 10. The number of hydrogen-bond donors (Lipinski definition) is 3. The van der Waals surface area contributed by atoms with Crippen molar-refractivity contribution in [1.29, 1.82) is 0 Å². The van der Waals surface area contributed by atoms with Gasteiger partial charge in [0.15, 0.2) is 11.1 Å². The smallest absolute Gasteiger partial charge is 0.307 e. The van der Waals surface area contributed by atoms with Crippen LogP contribution in [0.3, 0.4) is 0 Å². The van der Waals surface area contributed by atoms with Crippen LogP contribution in [0, 0.1) is 0 Å². The van der Waals surface area contributed by atoms with Gasteiger partial charge < -0.3 is 24.6 Å². The van der Waals surface area contributed by atoms with Crippen LogP contribution in [-0.2, 0) is 39.4 Å². The summed E-state index contributed by atoms with van der Waals surface area (Å²) in [6.45, 7) is 1.06. The van der Waals surface area contributed by atoms with Gasteiger partial charge in [0.05, 0.1) is 24.1 Å². The van der Waals surface area contributed by atoms with E-state index < -0.39 is 17.0 Å². The van der Waals surface area contributed by atoms with Crippen molar-refractivity contribution in [2.75, 3.05) is 11.9 Å². The highest BCUT2D eigenvalue weighted by Crippen LogP contribution is 2.31. The molecular formula is C24H24N4O6S. The number of hydrogen-bond acceptors (Lipinski definition) is 7. The van der Waals surface area contributed by atoms with E-state index in [-0.39, 0.29) is 18.1 Å². The Kier molecular flexibility index (Phi) is 7.68. The summed E-state index contributed by atoms with van der Waals surface area (Å²) in [4.78, 5) is 33.3. The molecule has 3 aromatic rings. The summed E-state index contributed by atoms with van der Waals surface area (Å²) >= 11 is -1.97. The van der Waals surface area contributed by atoms with Gasteiger partial charge in [-0.15, -0.1) is 0 Å². The fourth-order valence-electron chi connectivity index (χ4n) is 3.69. The fraction of sp³-hybridized carbons (Fsp3) is 0.250.